The summed E-state index contributed by atoms with van der Waals surface area (Å²) >= 11 is 2.49. The minimum atomic E-state index is -1.98. The van der Waals surface area contributed by atoms with Crippen LogP contribution in [0.2, 0.25) is 0 Å². The Balaban J connectivity index is 3.84. The van der Waals surface area contributed by atoms with Crippen LogP contribution in [0.3, 0.4) is 0 Å². The third-order valence-corrected chi connectivity index (χ3v) is 1.97. The number of hydrogen-bond donors (Lipinski definition) is 1. The van der Waals surface area contributed by atoms with Gasteiger partial charge in [-0.1, -0.05) is 0 Å². The fraction of sp³-hybridized carbons (Fsp3) is 0.667. The molecule has 1 N–H and O–H groups in total. The molecule has 0 aliphatic carbocycles. The van der Waals surface area contributed by atoms with Gasteiger partial charge in [0.15, 0.2) is 4.32 Å². The van der Waals surface area contributed by atoms with Gasteiger partial charge in [0.2, 0.25) is 11.1 Å². The second-order valence-electron chi connectivity index (χ2n) is 1.41. The van der Waals surface area contributed by atoms with Crippen LogP contribution >= 0.6 is 12.2 Å². The predicted molar refractivity (Wildman–Crippen MR) is 37.1 cm³/mol. The highest BCUT2D eigenvalue weighted by Gasteiger charge is 2.03. The molecule has 0 saturated heterocycles. The van der Waals surface area contributed by atoms with Crippen LogP contribution in [0.25, 0.3) is 0 Å². The second-order valence-corrected chi connectivity index (χ2v) is 2.94. The van der Waals surface area contributed by atoms with Crippen LogP contribution < -0.4 is 0 Å². The number of nitrogens with zero attached hydrogens (tertiary/aromatic N) is 1. The fourth-order valence-electron chi connectivity index (χ4n) is 0.156. The molecule has 1 unspecified atom stereocenters. The molecule has 0 radical (unpaired) electrons. The molecule has 0 fully saturated rings. The minimum Gasteiger partial charge on any atom is -0.360 e. The van der Waals surface area contributed by atoms with E-state index in [1.54, 1.807) is 14.1 Å². The average molecular weight is 153 g/mol. The zero-order valence-corrected chi connectivity index (χ0v) is 6.25. The molecule has 8 heavy (non-hydrogen) atoms. The molecule has 0 aliphatic heterocycles. The van der Waals surface area contributed by atoms with Gasteiger partial charge in [0.25, 0.3) is 0 Å². The average Bonchev–Trinajstić information content (AvgIpc) is 1.64. The molecule has 0 rings (SSSR count). The second kappa shape index (κ2) is 3.11. The molecule has 0 aromatic heterocycles. The highest BCUT2D eigenvalue weighted by Crippen LogP contribution is 1.85. The molecule has 0 heterocycles. The Morgan fingerprint density at radius 2 is 2.12 bits per heavy atom. The molecule has 0 bridgehead atoms. The van der Waals surface area contributed by atoms with Crippen molar-refractivity contribution in [3.63, 3.8) is 0 Å². The minimum absolute atomic E-state index is 0.0463. The van der Waals surface area contributed by atoms with Gasteiger partial charge in [-0.3, -0.25) is 0 Å². The van der Waals surface area contributed by atoms with Gasteiger partial charge in [-0.05, 0) is 12.2 Å². The van der Waals surface area contributed by atoms with Crippen molar-refractivity contribution in [2.45, 2.75) is 0 Å². The lowest BCUT2D eigenvalue weighted by Gasteiger charge is -2.07. The van der Waals surface area contributed by atoms with Crippen LogP contribution in [-0.2, 0) is 11.1 Å². The van der Waals surface area contributed by atoms with E-state index >= 15 is 0 Å². The van der Waals surface area contributed by atoms with Gasteiger partial charge in [-0.2, -0.15) is 0 Å². The molecule has 48 valence electrons. The summed E-state index contributed by atoms with van der Waals surface area (Å²) in [6.07, 6.45) is 0. The van der Waals surface area contributed by atoms with Crippen molar-refractivity contribution in [1.29, 1.82) is 0 Å². The van der Waals surface area contributed by atoms with Crippen molar-refractivity contribution in [1.82, 2.24) is 4.90 Å². The lowest BCUT2D eigenvalue weighted by molar-refractivity contribution is 0.565. The molecule has 0 aliphatic rings. The Labute approximate surface area is 56.0 Å². The summed E-state index contributed by atoms with van der Waals surface area (Å²) in [5.41, 5.74) is 0. The van der Waals surface area contributed by atoms with E-state index in [2.05, 4.69) is 12.2 Å². The lowest BCUT2D eigenvalue weighted by Crippen LogP contribution is -2.23. The van der Waals surface area contributed by atoms with Crippen molar-refractivity contribution in [3.05, 3.63) is 0 Å². The van der Waals surface area contributed by atoms with Crippen LogP contribution in [0.15, 0.2) is 0 Å². The smallest absolute Gasteiger partial charge is 0.215 e. The van der Waals surface area contributed by atoms with Crippen molar-refractivity contribution in [3.8, 4) is 0 Å². The maximum atomic E-state index is 10.1. The van der Waals surface area contributed by atoms with E-state index in [-0.39, 0.29) is 4.32 Å². The Kier molecular flexibility index (Phi) is 3.11. The molecule has 0 aromatic rings. The van der Waals surface area contributed by atoms with E-state index in [1.807, 2.05) is 0 Å². The van der Waals surface area contributed by atoms with Gasteiger partial charge in [0.05, 0.1) is 0 Å². The van der Waals surface area contributed by atoms with Gasteiger partial charge >= 0.3 is 0 Å². The number of rotatable bonds is 0. The van der Waals surface area contributed by atoms with Crippen LogP contribution in [0.5, 0.6) is 0 Å². The Bertz CT molecular complexity index is 122. The highest BCUT2D eigenvalue weighted by molar-refractivity contribution is 8.09. The third-order valence-electron chi connectivity index (χ3n) is 0.515. The summed E-state index contributed by atoms with van der Waals surface area (Å²) in [7, 11) is 3.24. The van der Waals surface area contributed by atoms with E-state index in [1.165, 1.54) is 4.90 Å². The van der Waals surface area contributed by atoms with Crippen molar-refractivity contribution in [2.75, 3.05) is 14.1 Å². The maximum absolute atomic E-state index is 10.1. The first-order valence-corrected chi connectivity index (χ1v) is 3.39. The summed E-state index contributed by atoms with van der Waals surface area (Å²) in [6, 6.07) is 0. The van der Waals surface area contributed by atoms with Gasteiger partial charge in [-0.15, -0.1) is 0 Å². The normalized spacial score (nSPS) is 12.9. The first kappa shape index (κ1) is 8.00. The lowest BCUT2D eigenvalue weighted by atomic mass is 11.0. The van der Waals surface area contributed by atoms with Gasteiger partial charge in [-0.25, -0.2) is 4.21 Å². The monoisotopic (exact) mass is 153 g/mol. The summed E-state index contributed by atoms with van der Waals surface area (Å²) in [5.74, 6) is 0. The van der Waals surface area contributed by atoms with Crippen molar-refractivity contribution < 1.29 is 8.76 Å². The van der Waals surface area contributed by atoms with Gasteiger partial charge in [0, 0.05) is 14.1 Å². The topological polar surface area (TPSA) is 40.5 Å². The quantitative estimate of drug-likeness (QED) is 0.394. The van der Waals surface area contributed by atoms with E-state index in [4.69, 9.17) is 4.55 Å². The Hall–Kier alpha value is -0.0000000000000000486. The van der Waals surface area contributed by atoms with Gasteiger partial charge < -0.3 is 9.45 Å². The van der Waals surface area contributed by atoms with Crippen LogP contribution in [0, 0.1) is 0 Å². The molecule has 5 heteroatoms. The molecule has 1 atom stereocenters. The predicted octanol–water partition coefficient (Wildman–Crippen LogP) is 0.0546. The van der Waals surface area contributed by atoms with E-state index < -0.39 is 11.1 Å². The zero-order chi connectivity index (χ0) is 6.73. The first-order valence-electron chi connectivity index (χ1n) is 1.88. The van der Waals surface area contributed by atoms with Crippen LogP contribution in [-0.4, -0.2) is 32.1 Å². The number of thiocarbonyl (C=S) groups is 1. The first-order chi connectivity index (χ1) is 3.55. The Morgan fingerprint density at radius 3 is 2.12 bits per heavy atom. The largest absolute Gasteiger partial charge is 0.360 e. The van der Waals surface area contributed by atoms with Crippen LogP contribution in [0.4, 0.5) is 0 Å². The SMILES string of the molecule is CN(C)C(=S)S(=O)O. The standard InChI is InChI=1S/C3H7NO2S2/c1-4(2)3(7)8(5)6/h1-2H3,(H,5,6). The summed E-state index contributed by atoms with van der Waals surface area (Å²) in [6.45, 7) is 0. The maximum Gasteiger partial charge on any atom is 0.215 e. The van der Waals surface area contributed by atoms with E-state index in [0.717, 1.165) is 0 Å². The summed E-state index contributed by atoms with van der Waals surface area (Å²) < 4.78 is 18.4. The third kappa shape index (κ3) is 2.34. The molecule has 0 amide bonds. The molecular formula is C3H7NO2S2. The van der Waals surface area contributed by atoms with Gasteiger partial charge in [0.1, 0.15) is 0 Å². The summed E-state index contributed by atoms with van der Waals surface area (Å²) in [5, 5.41) is 0. The molecule has 0 spiro atoms. The zero-order valence-electron chi connectivity index (χ0n) is 4.62. The molecule has 0 saturated carbocycles. The van der Waals surface area contributed by atoms with Crippen molar-refractivity contribution in [2.24, 2.45) is 0 Å². The van der Waals surface area contributed by atoms with E-state index in [9.17, 15) is 4.21 Å². The summed E-state index contributed by atoms with van der Waals surface area (Å²) in [4.78, 5) is 1.42. The molecule has 3 nitrogen and oxygen atoms in total. The fourth-order valence-corrected chi connectivity index (χ4v) is 0.469. The molecular weight excluding hydrogens is 146 g/mol. The Morgan fingerprint density at radius 1 is 1.75 bits per heavy atom. The number of hydrogen-bond acceptors (Lipinski definition) is 2. The van der Waals surface area contributed by atoms with E-state index in [0.29, 0.717) is 0 Å². The molecule has 0 aromatic carbocycles. The van der Waals surface area contributed by atoms with Crippen LogP contribution in [0.1, 0.15) is 0 Å². The van der Waals surface area contributed by atoms with Crippen molar-refractivity contribution >= 4 is 27.6 Å². The highest BCUT2D eigenvalue weighted by atomic mass is 32.2.